The lowest BCUT2D eigenvalue weighted by atomic mass is 10.2. The van der Waals surface area contributed by atoms with Crippen LogP contribution in [0.25, 0.3) is 10.9 Å². The molecular weight excluding hydrogens is 328 g/mol. The second kappa shape index (κ2) is 8.65. The minimum absolute atomic E-state index is 0.0924. The van der Waals surface area contributed by atoms with Gasteiger partial charge < -0.3 is 19.7 Å². The maximum absolute atomic E-state index is 12.7. The first-order chi connectivity index (χ1) is 12.7. The highest BCUT2D eigenvalue weighted by molar-refractivity contribution is 5.85. The number of fused-ring (bicyclic) bond motifs is 1. The van der Waals surface area contributed by atoms with Gasteiger partial charge in [0.05, 0.1) is 19.6 Å². The number of hydrogen-bond acceptors (Lipinski definition) is 3. The van der Waals surface area contributed by atoms with Crippen molar-refractivity contribution in [2.24, 2.45) is 0 Å². The molecular formula is C21H24N2O3. The van der Waals surface area contributed by atoms with Crippen molar-refractivity contribution in [1.82, 2.24) is 9.47 Å². The molecule has 0 bridgehead atoms. The Kier molecular flexibility index (Phi) is 6.04. The highest BCUT2D eigenvalue weighted by Crippen LogP contribution is 2.22. The lowest BCUT2D eigenvalue weighted by Gasteiger charge is -2.21. The molecule has 136 valence electrons. The van der Waals surface area contributed by atoms with Gasteiger partial charge >= 0.3 is 0 Å². The van der Waals surface area contributed by atoms with Crippen LogP contribution in [0.1, 0.15) is 11.3 Å². The number of carbonyl (C=O) groups is 1. The van der Waals surface area contributed by atoms with Gasteiger partial charge in [-0.3, -0.25) is 4.79 Å². The Labute approximate surface area is 153 Å². The first-order valence-electron chi connectivity index (χ1n) is 8.83. The van der Waals surface area contributed by atoms with E-state index in [0.29, 0.717) is 6.54 Å². The number of nitrogens with zero attached hydrogens (tertiary/aromatic N) is 2. The fourth-order valence-electron chi connectivity index (χ4n) is 3.24. The molecule has 3 rings (SSSR count). The van der Waals surface area contributed by atoms with E-state index in [9.17, 15) is 4.79 Å². The number of aliphatic hydroxyl groups is 2. The van der Waals surface area contributed by atoms with Crippen molar-refractivity contribution in [2.75, 3.05) is 26.3 Å². The number of hydrogen-bond donors (Lipinski definition) is 2. The summed E-state index contributed by atoms with van der Waals surface area (Å²) in [6, 6.07) is 20.3. The maximum Gasteiger partial charge on any atom is 0.228 e. The highest BCUT2D eigenvalue weighted by atomic mass is 16.3. The summed E-state index contributed by atoms with van der Waals surface area (Å²) in [5.74, 6) is -0.0924. The van der Waals surface area contributed by atoms with Gasteiger partial charge in [-0.2, -0.15) is 0 Å². The highest BCUT2D eigenvalue weighted by Gasteiger charge is 2.17. The van der Waals surface area contributed by atoms with Crippen LogP contribution in [0, 0.1) is 0 Å². The quantitative estimate of drug-likeness (QED) is 0.652. The zero-order valence-electron chi connectivity index (χ0n) is 14.7. The smallest absolute Gasteiger partial charge is 0.228 e. The lowest BCUT2D eigenvalue weighted by Crippen LogP contribution is -2.37. The summed E-state index contributed by atoms with van der Waals surface area (Å²) in [7, 11) is 0. The Morgan fingerprint density at radius 3 is 2.27 bits per heavy atom. The molecule has 0 aliphatic heterocycles. The first-order valence-corrected chi connectivity index (χ1v) is 8.83. The van der Waals surface area contributed by atoms with E-state index in [-0.39, 0.29) is 38.6 Å². The van der Waals surface area contributed by atoms with Gasteiger partial charge in [0.25, 0.3) is 0 Å². The molecule has 2 aromatic carbocycles. The predicted molar refractivity (Wildman–Crippen MR) is 102 cm³/mol. The summed E-state index contributed by atoms with van der Waals surface area (Å²) in [5, 5.41) is 19.4. The molecule has 2 N–H and O–H groups in total. The van der Waals surface area contributed by atoms with E-state index >= 15 is 0 Å². The van der Waals surface area contributed by atoms with Crippen molar-refractivity contribution >= 4 is 16.8 Å². The SMILES string of the molecule is O=C(Cc1cc2ccccc2n1Cc1ccccc1)N(CCO)CCO. The van der Waals surface area contributed by atoms with Crippen LogP contribution in [0.15, 0.2) is 60.7 Å². The Bertz CT molecular complexity index is 852. The van der Waals surface area contributed by atoms with Gasteiger partial charge in [0.15, 0.2) is 0 Å². The summed E-state index contributed by atoms with van der Waals surface area (Å²) in [4.78, 5) is 14.2. The zero-order valence-corrected chi connectivity index (χ0v) is 14.7. The molecule has 26 heavy (non-hydrogen) atoms. The largest absolute Gasteiger partial charge is 0.395 e. The molecule has 0 saturated carbocycles. The number of aromatic nitrogens is 1. The number of amides is 1. The third-order valence-corrected chi connectivity index (χ3v) is 4.50. The van der Waals surface area contributed by atoms with Gasteiger partial charge in [-0.15, -0.1) is 0 Å². The van der Waals surface area contributed by atoms with Crippen LogP contribution in [-0.2, 0) is 17.8 Å². The number of para-hydroxylation sites is 1. The summed E-state index contributed by atoms with van der Waals surface area (Å²) in [5.41, 5.74) is 3.20. The second-order valence-corrected chi connectivity index (χ2v) is 6.27. The molecule has 3 aromatic rings. The van der Waals surface area contributed by atoms with E-state index in [4.69, 9.17) is 10.2 Å². The van der Waals surface area contributed by atoms with Gasteiger partial charge in [-0.05, 0) is 23.1 Å². The van der Waals surface area contributed by atoms with E-state index in [2.05, 4.69) is 22.8 Å². The van der Waals surface area contributed by atoms with Gasteiger partial charge in [-0.1, -0.05) is 48.5 Å². The minimum atomic E-state index is -0.112. The van der Waals surface area contributed by atoms with Gasteiger partial charge in [0.2, 0.25) is 5.91 Å². The molecule has 0 unspecified atom stereocenters. The van der Waals surface area contributed by atoms with Crippen molar-refractivity contribution in [3.05, 3.63) is 71.9 Å². The Morgan fingerprint density at radius 1 is 0.923 bits per heavy atom. The molecule has 0 radical (unpaired) electrons. The van der Waals surface area contributed by atoms with Crippen molar-refractivity contribution < 1.29 is 15.0 Å². The van der Waals surface area contributed by atoms with E-state index in [1.807, 2.05) is 42.5 Å². The van der Waals surface area contributed by atoms with Crippen LogP contribution >= 0.6 is 0 Å². The average molecular weight is 352 g/mol. The fourth-order valence-corrected chi connectivity index (χ4v) is 3.24. The molecule has 5 heteroatoms. The molecule has 0 aliphatic carbocycles. The Balaban J connectivity index is 1.92. The monoisotopic (exact) mass is 352 g/mol. The normalized spacial score (nSPS) is 11.0. The molecule has 1 amide bonds. The number of carbonyl (C=O) groups excluding carboxylic acids is 1. The maximum atomic E-state index is 12.7. The van der Waals surface area contributed by atoms with E-state index in [1.165, 1.54) is 10.5 Å². The lowest BCUT2D eigenvalue weighted by molar-refractivity contribution is -0.131. The van der Waals surface area contributed by atoms with Crippen molar-refractivity contribution in [3.8, 4) is 0 Å². The third kappa shape index (κ3) is 4.12. The summed E-state index contributed by atoms with van der Waals surface area (Å²) in [6.07, 6.45) is 0.238. The van der Waals surface area contributed by atoms with Gasteiger partial charge in [0, 0.05) is 30.8 Å². The Morgan fingerprint density at radius 2 is 1.58 bits per heavy atom. The van der Waals surface area contributed by atoms with Crippen LogP contribution in [-0.4, -0.2) is 51.9 Å². The van der Waals surface area contributed by atoms with Gasteiger partial charge in [0.1, 0.15) is 0 Å². The molecule has 0 spiro atoms. The third-order valence-electron chi connectivity index (χ3n) is 4.50. The number of rotatable bonds is 8. The zero-order chi connectivity index (χ0) is 18.4. The van der Waals surface area contributed by atoms with Crippen LogP contribution in [0.3, 0.4) is 0 Å². The van der Waals surface area contributed by atoms with Crippen molar-refractivity contribution in [3.63, 3.8) is 0 Å². The topological polar surface area (TPSA) is 65.7 Å². The van der Waals surface area contributed by atoms with E-state index < -0.39 is 0 Å². The van der Waals surface area contributed by atoms with Crippen LogP contribution in [0.4, 0.5) is 0 Å². The second-order valence-electron chi connectivity index (χ2n) is 6.27. The molecule has 0 saturated heterocycles. The van der Waals surface area contributed by atoms with E-state index in [1.54, 1.807) is 0 Å². The predicted octanol–water partition coefficient (Wildman–Crippen LogP) is 2.05. The summed E-state index contributed by atoms with van der Waals surface area (Å²) < 4.78 is 2.17. The van der Waals surface area contributed by atoms with Crippen molar-refractivity contribution in [2.45, 2.75) is 13.0 Å². The van der Waals surface area contributed by atoms with E-state index in [0.717, 1.165) is 16.6 Å². The fraction of sp³-hybridized carbons (Fsp3) is 0.286. The van der Waals surface area contributed by atoms with Crippen LogP contribution in [0.2, 0.25) is 0 Å². The van der Waals surface area contributed by atoms with Crippen molar-refractivity contribution in [1.29, 1.82) is 0 Å². The molecule has 5 nitrogen and oxygen atoms in total. The molecule has 0 atom stereocenters. The molecule has 1 aromatic heterocycles. The molecule has 0 fully saturated rings. The Hall–Kier alpha value is -2.63. The first kappa shape index (κ1) is 18.2. The van der Waals surface area contributed by atoms with Crippen LogP contribution < -0.4 is 0 Å². The summed E-state index contributed by atoms with van der Waals surface area (Å²) in [6.45, 7) is 0.936. The molecule has 0 aliphatic rings. The van der Waals surface area contributed by atoms with Gasteiger partial charge in [-0.25, -0.2) is 0 Å². The molecule has 1 heterocycles. The standard InChI is InChI=1S/C21H24N2O3/c24-12-10-22(11-13-25)21(26)15-19-14-18-8-4-5-9-20(18)23(19)16-17-6-2-1-3-7-17/h1-9,14,24-25H,10-13,15-16H2. The van der Waals surface area contributed by atoms with Crippen LogP contribution in [0.5, 0.6) is 0 Å². The number of benzene rings is 2. The number of aliphatic hydroxyl groups excluding tert-OH is 2. The summed E-state index contributed by atoms with van der Waals surface area (Å²) >= 11 is 0. The minimum Gasteiger partial charge on any atom is -0.395 e. The average Bonchev–Trinajstić information content (AvgIpc) is 2.99.